The molecule has 1 aromatic rings. The van der Waals surface area contributed by atoms with Gasteiger partial charge in [-0.1, -0.05) is 38.1 Å². The number of carboxylic acid groups (broad SMARTS) is 1. The van der Waals surface area contributed by atoms with Crippen molar-refractivity contribution in [2.24, 2.45) is 0 Å². The van der Waals surface area contributed by atoms with Crippen molar-refractivity contribution >= 4 is 12.0 Å². The Morgan fingerprint density at radius 1 is 1.39 bits per heavy atom. The maximum atomic E-state index is 10.5. The van der Waals surface area contributed by atoms with Crippen LogP contribution in [0.25, 0.3) is 6.08 Å². The minimum atomic E-state index is -0.915. The molecule has 0 aromatic heterocycles. The maximum Gasteiger partial charge on any atom is 0.328 e. The highest BCUT2D eigenvalue weighted by molar-refractivity contribution is 5.85. The Bertz CT molecular complexity index is 413. The molecule has 3 heteroatoms. The van der Waals surface area contributed by atoms with Crippen molar-refractivity contribution in [2.75, 3.05) is 13.1 Å². The fourth-order valence-corrected chi connectivity index (χ4v) is 1.89. The van der Waals surface area contributed by atoms with Crippen LogP contribution in [0.4, 0.5) is 0 Å². The predicted molar refractivity (Wildman–Crippen MR) is 74.4 cm³/mol. The lowest BCUT2D eigenvalue weighted by Gasteiger charge is -2.19. The highest BCUT2D eigenvalue weighted by Crippen LogP contribution is 2.10. The molecule has 0 saturated carbocycles. The third kappa shape index (κ3) is 5.15. The first-order chi connectivity index (χ1) is 8.65. The summed E-state index contributed by atoms with van der Waals surface area (Å²) in [7, 11) is 0. The third-order valence-corrected chi connectivity index (χ3v) is 2.76. The molecule has 0 unspecified atom stereocenters. The van der Waals surface area contributed by atoms with Crippen molar-refractivity contribution in [3.63, 3.8) is 0 Å². The Morgan fingerprint density at radius 3 is 2.78 bits per heavy atom. The number of aliphatic carboxylic acids is 1. The minimum Gasteiger partial charge on any atom is -0.478 e. The Hall–Kier alpha value is -1.61. The lowest BCUT2D eigenvalue weighted by Crippen LogP contribution is -2.23. The van der Waals surface area contributed by atoms with Crippen LogP contribution in [0.15, 0.2) is 30.3 Å². The molecular formula is C15H21NO2. The van der Waals surface area contributed by atoms with E-state index in [4.69, 9.17) is 5.11 Å². The van der Waals surface area contributed by atoms with E-state index in [1.807, 2.05) is 18.2 Å². The molecule has 1 N–H and O–H groups in total. The number of hydrogen-bond acceptors (Lipinski definition) is 2. The van der Waals surface area contributed by atoms with Gasteiger partial charge >= 0.3 is 5.97 Å². The minimum absolute atomic E-state index is 0.915. The van der Waals surface area contributed by atoms with Crippen molar-refractivity contribution < 1.29 is 9.90 Å². The Morgan fingerprint density at radius 2 is 2.17 bits per heavy atom. The molecule has 1 aromatic carbocycles. The van der Waals surface area contributed by atoms with Crippen LogP contribution in [0, 0.1) is 0 Å². The molecule has 0 saturated heterocycles. The van der Waals surface area contributed by atoms with E-state index in [-0.39, 0.29) is 0 Å². The van der Waals surface area contributed by atoms with Gasteiger partial charge in [0.25, 0.3) is 0 Å². The van der Waals surface area contributed by atoms with Gasteiger partial charge in [-0.2, -0.15) is 0 Å². The largest absolute Gasteiger partial charge is 0.478 e. The normalized spacial score (nSPS) is 11.3. The van der Waals surface area contributed by atoms with Gasteiger partial charge in [-0.3, -0.25) is 4.90 Å². The molecule has 0 aliphatic heterocycles. The van der Waals surface area contributed by atoms with Crippen LogP contribution in [-0.2, 0) is 11.3 Å². The molecule has 0 radical (unpaired) electrons. The molecule has 0 bridgehead atoms. The van der Waals surface area contributed by atoms with Crippen LogP contribution in [0.3, 0.4) is 0 Å². The van der Waals surface area contributed by atoms with E-state index >= 15 is 0 Å². The lowest BCUT2D eigenvalue weighted by atomic mass is 10.1. The van der Waals surface area contributed by atoms with Gasteiger partial charge < -0.3 is 5.11 Å². The highest BCUT2D eigenvalue weighted by atomic mass is 16.4. The van der Waals surface area contributed by atoms with E-state index < -0.39 is 5.97 Å². The molecule has 0 amide bonds. The van der Waals surface area contributed by atoms with Crippen LogP contribution in [0.5, 0.6) is 0 Å². The predicted octanol–water partition coefficient (Wildman–Crippen LogP) is 3.02. The van der Waals surface area contributed by atoms with E-state index in [9.17, 15) is 4.79 Å². The molecule has 0 heterocycles. The first-order valence-corrected chi connectivity index (χ1v) is 6.38. The quantitative estimate of drug-likeness (QED) is 0.753. The Kier molecular flexibility index (Phi) is 6.15. The fraction of sp³-hybridized carbons (Fsp3) is 0.400. The number of carboxylic acids is 1. The topological polar surface area (TPSA) is 40.5 Å². The summed E-state index contributed by atoms with van der Waals surface area (Å²) in [6.45, 7) is 7.37. The molecule has 0 aliphatic rings. The Labute approximate surface area is 109 Å². The summed E-state index contributed by atoms with van der Waals surface area (Å²) in [5, 5.41) is 8.60. The summed E-state index contributed by atoms with van der Waals surface area (Å²) in [4.78, 5) is 12.8. The van der Waals surface area contributed by atoms with Gasteiger partial charge in [-0.25, -0.2) is 4.79 Å². The third-order valence-electron chi connectivity index (χ3n) is 2.76. The van der Waals surface area contributed by atoms with Crippen LogP contribution in [-0.4, -0.2) is 29.1 Å². The molecule has 18 heavy (non-hydrogen) atoms. The first-order valence-electron chi connectivity index (χ1n) is 6.38. The van der Waals surface area contributed by atoms with Crippen molar-refractivity contribution in [2.45, 2.75) is 26.8 Å². The number of benzene rings is 1. The average Bonchev–Trinajstić information content (AvgIpc) is 2.36. The maximum absolute atomic E-state index is 10.5. The molecule has 0 atom stereocenters. The molecular weight excluding hydrogens is 226 g/mol. The molecule has 98 valence electrons. The highest BCUT2D eigenvalue weighted by Gasteiger charge is 2.02. The standard InChI is InChI=1S/C15H21NO2/c1-3-10-16(4-2)12-14-7-5-6-13(11-14)8-9-15(17)18/h5-9,11H,3-4,10,12H2,1-2H3,(H,17,18). The first kappa shape index (κ1) is 14.5. The van der Waals surface area contributed by atoms with Gasteiger partial charge in [-0.15, -0.1) is 0 Å². The van der Waals surface area contributed by atoms with Gasteiger partial charge in [0.05, 0.1) is 0 Å². The van der Waals surface area contributed by atoms with Crippen LogP contribution in [0.2, 0.25) is 0 Å². The fourth-order valence-electron chi connectivity index (χ4n) is 1.89. The van der Waals surface area contributed by atoms with Crippen molar-refractivity contribution in [1.82, 2.24) is 4.90 Å². The van der Waals surface area contributed by atoms with Crippen LogP contribution in [0.1, 0.15) is 31.4 Å². The van der Waals surface area contributed by atoms with Gasteiger partial charge in [0.2, 0.25) is 0 Å². The van der Waals surface area contributed by atoms with Gasteiger partial charge in [-0.05, 0) is 36.7 Å². The average molecular weight is 247 g/mol. The molecule has 3 nitrogen and oxygen atoms in total. The number of rotatable bonds is 7. The summed E-state index contributed by atoms with van der Waals surface area (Å²) >= 11 is 0. The van der Waals surface area contributed by atoms with E-state index in [1.165, 1.54) is 11.6 Å². The van der Waals surface area contributed by atoms with Gasteiger partial charge in [0.15, 0.2) is 0 Å². The number of hydrogen-bond donors (Lipinski definition) is 1. The molecule has 1 rings (SSSR count). The van der Waals surface area contributed by atoms with E-state index in [0.29, 0.717) is 0 Å². The zero-order valence-corrected chi connectivity index (χ0v) is 11.1. The summed E-state index contributed by atoms with van der Waals surface area (Å²) in [6, 6.07) is 8.00. The van der Waals surface area contributed by atoms with E-state index in [1.54, 1.807) is 6.08 Å². The smallest absolute Gasteiger partial charge is 0.328 e. The monoisotopic (exact) mass is 247 g/mol. The summed E-state index contributed by atoms with van der Waals surface area (Å²) in [5.74, 6) is -0.915. The van der Waals surface area contributed by atoms with E-state index in [0.717, 1.165) is 31.6 Å². The van der Waals surface area contributed by atoms with Crippen LogP contribution < -0.4 is 0 Å². The molecule has 0 fully saturated rings. The van der Waals surface area contributed by atoms with Crippen molar-refractivity contribution in [3.05, 3.63) is 41.5 Å². The SMILES string of the molecule is CCCN(CC)Cc1cccc(C=CC(=O)O)c1. The Balaban J connectivity index is 2.72. The second kappa shape index (κ2) is 7.67. The zero-order valence-electron chi connectivity index (χ0n) is 11.1. The zero-order chi connectivity index (χ0) is 13.4. The summed E-state index contributed by atoms with van der Waals surface area (Å²) < 4.78 is 0. The van der Waals surface area contributed by atoms with Crippen LogP contribution >= 0.6 is 0 Å². The second-order valence-corrected chi connectivity index (χ2v) is 4.29. The summed E-state index contributed by atoms with van der Waals surface area (Å²) in [5.41, 5.74) is 2.15. The van der Waals surface area contributed by atoms with E-state index in [2.05, 4.69) is 24.8 Å². The van der Waals surface area contributed by atoms with Crippen molar-refractivity contribution in [1.29, 1.82) is 0 Å². The van der Waals surface area contributed by atoms with Crippen molar-refractivity contribution in [3.8, 4) is 0 Å². The van der Waals surface area contributed by atoms with Gasteiger partial charge in [0, 0.05) is 12.6 Å². The van der Waals surface area contributed by atoms with Gasteiger partial charge in [0.1, 0.15) is 0 Å². The summed E-state index contributed by atoms with van der Waals surface area (Å²) in [6.07, 6.45) is 3.94. The lowest BCUT2D eigenvalue weighted by molar-refractivity contribution is -0.131. The molecule has 0 aliphatic carbocycles. The molecule has 0 spiro atoms. The second-order valence-electron chi connectivity index (χ2n) is 4.29. The number of nitrogens with zero attached hydrogens (tertiary/aromatic N) is 1. The number of carbonyl (C=O) groups is 1.